The van der Waals surface area contributed by atoms with Crippen LogP contribution in [0.5, 0.6) is 5.75 Å². The van der Waals surface area contributed by atoms with E-state index in [9.17, 15) is 8.42 Å². The van der Waals surface area contributed by atoms with Gasteiger partial charge in [-0.2, -0.15) is 9.40 Å². The summed E-state index contributed by atoms with van der Waals surface area (Å²) in [5.74, 6) is 0.666. The van der Waals surface area contributed by atoms with Gasteiger partial charge in [-0.1, -0.05) is 0 Å². The van der Waals surface area contributed by atoms with Gasteiger partial charge in [-0.3, -0.25) is 4.68 Å². The van der Waals surface area contributed by atoms with E-state index in [2.05, 4.69) is 5.10 Å². The average Bonchev–Trinajstić information content (AvgIpc) is 3.09. The van der Waals surface area contributed by atoms with Crippen molar-refractivity contribution in [2.75, 3.05) is 20.2 Å². The standard InChI is InChI=1S/C16H21N3O3S/c1-13-12-15(22-2)4-5-16(13)23(20,21)18-10-6-14(7-11-18)19-9-3-8-17-19/h3-5,8-9,12,14H,6-7,10-11H2,1-2H3. The van der Waals surface area contributed by atoms with Gasteiger partial charge >= 0.3 is 0 Å². The number of hydrogen-bond acceptors (Lipinski definition) is 4. The summed E-state index contributed by atoms with van der Waals surface area (Å²) in [6.45, 7) is 2.82. The van der Waals surface area contributed by atoms with Gasteiger partial charge in [-0.15, -0.1) is 0 Å². The summed E-state index contributed by atoms with van der Waals surface area (Å²) in [5, 5.41) is 4.25. The molecule has 0 unspecified atom stereocenters. The highest BCUT2D eigenvalue weighted by atomic mass is 32.2. The molecule has 7 heteroatoms. The summed E-state index contributed by atoms with van der Waals surface area (Å²) in [6, 6.07) is 7.24. The predicted molar refractivity (Wildman–Crippen MR) is 87.0 cm³/mol. The number of methoxy groups -OCH3 is 1. The average molecular weight is 335 g/mol. The van der Waals surface area contributed by atoms with Gasteiger partial charge in [0.25, 0.3) is 0 Å². The first-order chi connectivity index (χ1) is 11.0. The lowest BCUT2D eigenvalue weighted by Crippen LogP contribution is -2.39. The molecule has 2 heterocycles. The fourth-order valence-corrected chi connectivity index (χ4v) is 4.70. The summed E-state index contributed by atoms with van der Waals surface area (Å²) >= 11 is 0. The maximum atomic E-state index is 12.9. The summed E-state index contributed by atoms with van der Waals surface area (Å²) in [5.41, 5.74) is 0.707. The molecule has 0 aliphatic carbocycles. The molecular formula is C16H21N3O3S. The monoisotopic (exact) mass is 335 g/mol. The molecule has 0 amide bonds. The first kappa shape index (κ1) is 16.0. The topological polar surface area (TPSA) is 64.4 Å². The van der Waals surface area contributed by atoms with Crippen molar-refractivity contribution in [3.63, 3.8) is 0 Å². The van der Waals surface area contributed by atoms with Gasteiger partial charge in [0, 0.05) is 25.5 Å². The molecule has 2 aromatic rings. The van der Waals surface area contributed by atoms with Crippen LogP contribution in [-0.2, 0) is 10.0 Å². The molecule has 1 aromatic heterocycles. The summed E-state index contributed by atoms with van der Waals surface area (Å²) < 4.78 is 34.4. The normalized spacial score (nSPS) is 17.3. The van der Waals surface area contributed by atoms with E-state index in [4.69, 9.17) is 4.74 Å². The highest BCUT2D eigenvalue weighted by Crippen LogP contribution is 2.29. The van der Waals surface area contributed by atoms with Crippen LogP contribution in [0.2, 0.25) is 0 Å². The van der Waals surface area contributed by atoms with Gasteiger partial charge in [0.15, 0.2) is 0 Å². The zero-order chi connectivity index (χ0) is 16.4. The lowest BCUT2D eigenvalue weighted by atomic mass is 10.1. The second-order valence-corrected chi connectivity index (χ2v) is 7.66. The zero-order valence-corrected chi connectivity index (χ0v) is 14.2. The third-order valence-electron chi connectivity index (χ3n) is 4.32. The zero-order valence-electron chi connectivity index (χ0n) is 13.3. The molecular weight excluding hydrogens is 314 g/mol. The number of piperidine rings is 1. The van der Waals surface area contributed by atoms with Crippen LogP contribution in [0.15, 0.2) is 41.6 Å². The second kappa shape index (κ2) is 6.33. The van der Waals surface area contributed by atoms with E-state index >= 15 is 0 Å². The quantitative estimate of drug-likeness (QED) is 0.859. The molecule has 0 bridgehead atoms. The fraction of sp³-hybridized carbons (Fsp3) is 0.438. The highest BCUT2D eigenvalue weighted by Gasteiger charge is 2.31. The number of hydrogen-bond donors (Lipinski definition) is 0. The molecule has 1 aliphatic heterocycles. The Labute approximate surface area is 136 Å². The Morgan fingerprint density at radius 2 is 2.00 bits per heavy atom. The van der Waals surface area contributed by atoms with Crippen LogP contribution in [0.25, 0.3) is 0 Å². The summed E-state index contributed by atoms with van der Waals surface area (Å²) in [4.78, 5) is 0.357. The van der Waals surface area contributed by atoms with E-state index in [-0.39, 0.29) is 6.04 Å². The van der Waals surface area contributed by atoms with Crippen molar-refractivity contribution in [1.82, 2.24) is 14.1 Å². The minimum absolute atomic E-state index is 0.272. The third-order valence-corrected chi connectivity index (χ3v) is 6.38. The van der Waals surface area contributed by atoms with Crippen molar-refractivity contribution in [1.29, 1.82) is 0 Å². The van der Waals surface area contributed by atoms with Crippen molar-refractivity contribution in [2.45, 2.75) is 30.7 Å². The van der Waals surface area contributed by atoms with E-state index < -0.39 is 10.0 Å². The molecule has 124 valence electrons. The number of aryl methyl sites for hydroxylation is 1. The van der Waals surface area contributed by atoms with E-state index in [1.807, 2.05) is 16.9 Å². The van der Waals surface area contributed by atoms with E-state index in [0.29, 0.717) is 29.3 Å². The van der Waals surface area contributed by atoms with Crippen molar-refractivity contribution in [2.24, 2.45) is 0 Å². The number of ether oxygens (including phenoxy) is 1. The lowest BCUT2D eigenvalue weighted by molar-refractivity contribution is 0.261. The smallest absolute Gasteiger partial charge is 0.243 e. The van der Waals surface area contributed by atoms with Gasteiger partial charge in [0.2, 0.25) is 10.0 Å². The molecule has 1 aromatic carbocycles. The number of nitrogens with zero attached hydrogens (tertiary/aromatic N) is 3. The Morgan fingerprint density at radius 1 is 1.26 bits per heavy atom. The largest absolute Gasteiger partial charge is 0.497 e. The maximum Gasteiger partial charge on any atom is 0.243 e. The van der Waals surface area contributed by atoms with E-state index in [1.54, 1.807) is 42.7 Å². The van der Waals surface area contributed by atoms with Crippen LogP contribution in [-0.4, -0.2) is 42.7 Å². The molecule has 0 saturated carbocycles. The highest BCUT2D eigenvalue weighted by molar-refractivity contribution is 7.89. The van der Waals surface area contributed by atoms with Crippen LogP contribution >= 0.6 is 0 Å². The molecule has 0 spiro atoms. The summed E-state index contributed by atoms with van der Waals surface area (Å²) in [6.07, 6.45) is 5.23. The Morgan fingerprint density at radius 3 is 2.57 bits per heavy atom. The Bertz CT molecular complexity index is 764. The lowest BCUT2D eigenvalue weighted by Gasteiger charge is -2.31. The van der Waals surface area contributed by atoms with Crippen LogP contribution in [0.3, 0.4) is 0 Å². The Kier molecular flexibility index (Phi) is 4.41. The van der Waals surface area contributed by atoms with Gasteiger partial charge in [0.1, 0.15) is 5.75 Å². The van der Waals surface area contributed by atoms with Crippen molar-refractivity contribution < 1.29 is 13.2 Å². The van der Waals surface area contributed by atoms with Crippen LogP contribution in [0, 0.1) is 6.92 Å². The number of benzene rings is 1. The molecule has 3 rings (SSSR count). The molecule has 0 atom stereocenters. The van der Waals surface area contributed by atoms with Crippen molar-refractivity contribution in [3.05, 3.63) is 42.2 Å². The molecule has 1 aliphatic rings. The van der Waals surface area contributed by atoms with Crippen LogP contribution < -0.4 is 4.74 Å². The van der Waals surface area contributed by atoms with E-state index in [1.165, 1.54) is 0 Å². The minimum atomic E-state index is -3.46. The van der Waals surface area contributed by atoms with E-state index in [0.717, 1.165) is 12.8 Å². The molecule has 0 radical (unpaired) electrons. The summed E-state index contributed by atoms with van der Waals surface area (Å²) in [7, 11) is -1.89. The van der Waals surface area contributed by atoms with Crippen LogP contribution in [0.1, 0.15) is 24.4 Å². The van der Waals surface area contributed by atoms with Crippen molar-refractivity contribution >= 4 is 10.0 Å². The SMILES string of the molecule is COc1ccc(S(=O)(=O)N2CCC(n3cccn3)CC2)c(C)c1. The van der Waals surface area contributed by atoms with Gasteiger partial charge < -0.3 is 4.74 Å². The molecule has 6 nitrogen and oxygen atoms in total. The molecule has 23 heavy (non-hydrogen) atoms. The van der Waals surface area contributed by atoms with Crippen molar-refractivity contribution in [3.8, 4) is 5.75 Å². The molecule has 0 N–H and O–H groups in total. The maximum absolute atomic E-state index is 12.9. The predicted octanol–water partition coefficient (Wildman–Crippen LogP) is 2.23. The van der Waals surface area contributed by atoms with Crippen LogP contribution in [0.4, 0.5) is 0 Å². The number of rotatable bonds is 4. The minimum Gasteiger partial charge on any atom is -0.497 e. The number of sulfonamides is 1. The van der Waals surface area contributed by atoms with Gasteiger partial charge in [0.05, 0.1) is 18.0 Å². The van der Waals surface area contributed by atoms with Gasteiger partial charge in [-0.25, -0.2) is 8.42 Å². The van der Waals surface area contributed by atoms with Gasteiger partial charge in [-0.05, 0) is 49.6 Å². The fourth-order valence-electron chi connectivity index (χ4n) is 3.02. The second-order valence-electron chi connectivity index (χ2n) is 5.75. The molecule has 1 saturated heterocycles. The first-order valence-corrected chi connectivity index (χ1v) is 9.10. The third kappa shape index (κ3) is 3.11. The first-order valence-electron chi connectivity index (χ1n) is 7.66. The molecule has 1 fully saturated rings. The Hall–Kier alpha value is -1.86. The number of aromatic nitrogens is 2. The Balaban J connectivity index is 1.76.